The molecule has 0 saturated heterocycles. The van der Waals surface area contributed by atoms with Crippen LogP contribution in [-0.4, -0.2) is 23.4 Å². The van der Waals surface area contributed by atoms with E-state index in [4.69, 9.17) is 10.2 Å². The van der Waals surface area contributed by atoms with Gasteiger partial charge in [-0.1, -0.05) is 60.8 Å². The topological polar surface area (TPSA) is 40.5 Å². The first-order valence-corrected chi connectivity index (χ1v) is 11.0. The predicted octanol–water partition coefficient (Wildman–Crippen LogP) is 10.9. The van der Waals surface area contributed by atoms with Gasteiger partial charge in [0.15, 0.2) is 0 Å². The molecular weight excluding hydrogens is 416 g/mol. The van der Waals surface area contributed by atoms with Crippen molar-refractivity contribution in [2.45, 2.75) is 69.2 Å². The summed E-state index contributed by atoms with van der Waals surface area (Å²) in [7, 11) is 0. The van der Waals surface area contributed by atoms with Crippen LogP contribution in [0.15, 0.2) is 127 Å². The molecule has 2 nitrogen and oxygen atoms in total. The third-order valence-corrected chi connectivity index (χ3v) is 0.1000. The number of hydrogen-bond donors (Lipinski definition) is 2. The zero-order chi connectivity index (χ0) is 30.5. The Labute approximate surface area is 219 Å². The second-order valence-electron chi connectivity index (χ2n) is 4.53. The van der Waals surface area contributed by atoms with Crippen molar-refractivity contribution in [2.75, 3.05) is 13.2 Å². The second kappa shape index (κ2) is 300. The summed E-state index contributed by atoms with van der Waals surface area (Å²) in [6, 6.07) is 0. The molecule has 206 valence electrons. The number of hydrogen-bond acceptors (Lipinski definition) is 2. The SMILES string of the molecule is C=CC.C=CC.C=CC.C=CC.C=CC.C=CC.C=CC.C=CC.C=CC.C=CC.OCCO. The maximum atomic E-state index is 7.62. The average molecular weight is 483 g/mol. The van der Waals surface area contributed by atoms with E-state index in [1.54, 1.807) is 60.8 Å². The van der Waals surface area contributed by atoms with E-state index in [9.17, 15) is 0 Å². The quantitative estimate of drug-likeness (QED) is 0.365. The Balaban J connectivity index is -0.0000000190. The summed E-state index contributed by atoms with van der Waals surface area (Å²) < 4.78 is 0. The van der Waals surface area contributed by atoms with Crippen molar-refractivity contribution in [2.24, 2.45) is 0 Å². The minimum atomic E-state index is -0.125. The fourth-order valence-electron chi connectivity index (χ4n) is 0. The van der Waals surface area contributed by atoms with Gasteiger partial charge >= 0.3 is 0 Å². The van der Waals surface area contributed by atoms with Crippen LogP contribution in [0.2, 0.25) is 0 Å². The Morgan fingerprint density at radius 2 is 0.324 bits per heavy atom. The number of allylic oxidation sites excluding steroid dienone is 10. The Bertz CT molecular complexity index is 209. The van der Waals surface area contributed by atoms with Crippen molar-refractivity contribution in [1.82, 2.24) is 0 Å². The molecule has 0 aliphatic rings. The first-order valence-electron chi connectivity index (χ1n) is 11.0. The van der Waals surface area contributed by atoms with Crippen LogP contribution in [0.4, 0.5) is 0 Å². The molecule has 0 atom stereocenters. The van der Waals surface area contributed by atoms with Crippen LogP contribution in [0.25, 0.3) is 0 Å². The Morgan fingerprint density at radius 3 is 0.324 bits per heavy atom. The molecular formula is C32H66O2. The van der Waals surface area contributed by atoms with Crippen LogP contribution < -0.4 is 0 Å². The molecule has 0 aromatic rings. The fourth-order valence-corrected chi connectivity index (χ4v) is 0. The summed E-state index contributed by atoms with van der Waals surface area (Å²) in [6.45, 7) is 52.2. The summed E-state index contributed by atoms with van der Waals surface area (Å²) in [5.41, 5.74) is 0. The molecule has 2 N–H and O–H groups in total. The van der Waals surface area contributed by atoms with E-state index in [2.05, 4.69) is 65.8 Å². The molecule has 0 unspecified atom stereocenters. The maximum Gasteiger partial charge on any atom is 0.0662 e. The molecule has 0 spiro atoms. The normalized spacial score (nSPS) is 4.71. The van der Waals surface area contributed by atoms with E-state index in [1.165, 1.54) is 0 Å². The smallest absolute Gasteiger partial charge is 0.0662 e. The summed E-state index contributed by atoms with van der Waals surface area (Å²) in [5, 5.41) is 15.2. The second-order valence-corrected chi connectivity index (χ2v) is 4.53. The van der Waals surface area contributed by atoms with Gasteiger partial charge in [0.05, 0.1) is 13.2 Å². The number of rotatable bonds is 1. The van der Waals surface area contributed by atoms with Gasteiger partial charge in [0.1, 0.15) is 0 Å². The Morgan fingerprint density at radius 1 is 0.294 bits per heavy atom. The molecule has 0 amide bonds. The van der Waals surface area contributed by atoms with Crippen LogP contribution in [0.1, 0.15) is 69.2 Å². The molecule has 0 heterocycles. The lowest BCUT2D eigenvalue weighted by Gasteiger charge is -1.70. The maximum absolute atomic E-state index is 7.62. The van der Waals surface area contributed by atoms with Gasteiger partial charge in [0.25, 0.3) is 0 Å². The Hall–Kier alpha value is -2.68. The van der Waals surface area contributed by atoms with Crippen molar-refractivity contribution in [3.05, 3.63) is 127 Å². The predicted molar refractivity (Wildman–Crippen MR) is 173 cm³/mol. The van der Waals surface area contributed by atoms with Gasteiger partial charge in [-0.3, -0.25) is 0 Å². The largest absolute Gasteiger partial charge is 0.394 e. The van der Waals surface area contributed by atoms with E-state index in [-0.39, 0.29) is 13.2 Å². The lowest BCUT2D eigenvalue weighted by Crippen LogP contribution is -1.85. The van der Waals surface area contributed by atoms with Crippen LogP contribution in [0, 0.1) is 0 Å². The third-order valence-electron chi connectivity index (χ3n) is 0.1000. The lowest BCUT2D eigenvalue weighted by atomic mass is 10.8. The van der Waals surface area contributed by atoms with Gasteiger partial charge in [-0.15, -0.1) is 65.8 Å². The van der Waals surface area contributed by atoms with Crippen LogP contribution in [0.3, 0.4) is 0 Å². The van der Waals surface area contributed by atoms with Crippen molar-refractivity contribution in [3.63, 3.8) is 0 Å². The molecule has 0 aliphatic carbocycles. The van der Waals surface area contributed by atoms with E-state index >= 15 is 0 Å². The highest BCUT2D eigenvalue weighted by atomic mass is 16.3. The molecule has 0 radical (unpaired) electrons. The van der Waals surface area contributed by atoms with Crippen molar-refractivity contribution < 1.29 is 10.2 Å². The molecule has 0 rings (SSSR count). The van der Waals surface area contributed by atoms with Gasteiger partial charge in [-0.05, 0) is 69.2 Å². The first-order chi connectivity index (χ1) is 16.1. The fraction of sp³-hybridized carbons (Fsp3) is 0.375. The first kappa shape index (κ1) is 69.7. The highest BCUT2D eigenvalue weighted by molar-refractivity contribution is 4.54. The molecule has 0 aliphatic heterocycles. The van der Waals surface area contributed by atoms with Gasteiger partial charge < -0.3 is 10.2 Å². The van der Waals surface area contributed by atoms with E-state index < -0.39 is 0 Å². The summed E-state index contributed by atoms with van der Waals surface area (Å²) in [6.07, 6.45) is 17.5. The van der Waals surface area contributed by atoms with Gasteiger partial charge in [0, 0.05) is 0 Å². The number of aliphatic hydroxyl groups excluding tert-OH is 2. The van der Waals surface area contributed by atoms with Crippen LogP contribution in [0.5, 0.6) is 0 Å². The Kier molecular flexibility index (Phi) is 615. The van der Waals surface area contributed by atoms with E-state index in [0.29, 0.717) is 0 Å². The zero-order valence-electron chi connectivity index (χ0n) is 25.2. The zero-order valence-corrected chi connectivity index (χ0v) is 25.2. The highest BCUT2D eigenvalue weighted by Gasteiger charge is 1.58. The van der Waals surface area contributed by atoms with Crippen LogP contribution in [-0.2, 0) is 0 Å². The molecule has 0 bridgehead atoms. The molecule has 34 heavy (non-hydrogen) atoms. The molecule has 0 aromatic carbocycles. The monoisotopic (exact) mass is 483 g/mol. The highest BCUT2D eigenvalue weighted by Crippen LogP contribution is 1.41. The van der Waals surface area contributed by atoms with Crippen molar-refractivity contribution in [1.29, 1.82) is 0 Å². The molecule has 0 fully saturated rings. The van der Waals surface area contributed by atoms with E-state index in [1.807, 2.05) is 69.2 Å². The molecule has 0 aromatic heterocycles. The minimum Gasteiger partial charge on any atom is -0.394 e. The summed E-state index contributed by atoms with van der Waals surface area (Å²) in [4.78, 5) is 0. The van der Waals surface area contributed by atoms with E-state index in [0.717, 1.165) is 0 Å². The van der Waals surface area contributed by atoms with Gasteiger partial charge in [-0.25, -0.2) is 0 Å². The lowest BCUT2D eigenvalue weighted by molar-refractivity contribution is 0.186. The standard InChI is InChI=1S/10C3H6.C2H6O2/c10*1-3-2;3-1-2-4/h10*3H,1H2,2H3;3-4H,1-2H2. The average Bonchev–Trinajstić information content (AvgIpc) is 2.74. The van der Waals surface area contributed by atoms with Gasteiger partial charge in [-0.2, -0.15) is 0 Å². The van der Waals surface area contributed by atoms with Crippen LogP contribution >= 0.6 is 0 Å². The number of aliphatic hydroxyl groups is 2. The van der Waals surface area contributed by atoms with Gasteiger partial charge in [0.2, 0.25) is 0 Å². The minimum absolute atomic E-state index is 0.125. The molecule has 0 saturated carbocycles. The third kappa shape index (κ3) is 8330. The molecule has 2 heteroatoms. The van der Waals surface area contributed by atoms with Crippen molar-refractivity contribution in [3.8, 4) is 0 Å². The summed E-state index contributed by atoms with van der Waals surface area (Å²) >= 11 is 0. The van der Waals surface area contributed by atoms with Crippen molar-refractivity contribution >= 4 is 0 Å². The summed E-state index contributed by atoms with van der Waals surface area (Å²) in [5.74, 6) is 0.